The van der Waals surface area contributed by atoms with Crippen molar-refractivity contribution in [3.63, 3.8) is 0 Å². The first-order chi connectivity index (χ1) is 8.18. The molecule has 1 rings (SSSR count). The van der Waals surface area contributed by atoms with Crippen LogP contribution in [-0.4, -0.2) is 19.8 Å². The first-order valence-corrected chi connectivity index (χ1v) is 8.42. The fourth-order valence-electron chi connectivity index (χ4n) is 1.40. The lowest BCUT2D eigenvalue weighted by Crippen LogP contribution is -2.43. The first kappa shape index (κ1) is 16.2. The van der Waals surface area contributed by atoms with E-state index in [4.69, 9.17) is 23.2 Å². The van der Waals surface area contributed by atoms with Crippen molar-refractivity contribution in [1.29, 1.82) is 0 Å². The van der Waals surface area contributed by atoms with Crippen LogP contribution in [0.2, 0.25) is 5.02 Å². The maximum absolute atomic E-state index is 12.2. The molecule has 0 heterocycles. The summed E-state index contributed by atoms with van der Waals surface area (Å²) in [5, 5.41) is 0.179. The van der Waals surface area contributed by atoms with E-state index in [0.29, 0.717) is 12.3 Å². The number of rotatable bonds is 5. The molecule has 1 aromatic carbocycles. The van der Waals surface area contributed by atoms with Crippen LogP contribution in [0.4, 0.5) is 0 Å². The number of nitrogens with one attached hydrogen (secondary N) is 1. The van der Waals surface area contributed by atoms with E-state index in [1.165, 1.54) is 6.07 Å². The van der Waals surface area contributed by atoms with Gasteiger partial charge in [-0.05, 0) is 38.5 Å². The predicted octanol–water partition coefficient (Wildman–Crippen LogP) is 3.79. The summed E-state index contributed by atoms with van der Waals surface area (Å²) in [5.74, 6) is 0.379. The predicted molar refractivity (Wildman–Crippen MR) is 78.9 cm³/mol. The summed E-state index contributed by atoms with van der Waals surface area (Å²) in [6.45, 7) is 3.55. The second kappa shape index (κ2) is 6.09. The zero-order chi connectivity index (χ0) is 14.0. The minimum absolute atomic E-state index is 0.0648. The lowest BCUT2D eigenvalue weighted by Gasteiger charge is -2.25. The third-order valence-electron chi connectivity index (χ3n) is 2.31. The highest BCUT2D eigenvalue weighted by Crippen LogP contribution is 2.26. The Balaban J connectivity index is 3.07. The van der Waals surface area contributed by atoms with Gasteiger partial charge in [0.05, 0.1) is 5.02 Å². The van der Waals surface area contributed by atoms with Crippen molar-refractivity contribution in [2.24, 2.45) is 0 Å². The number of sulfonamides is 1. The Bertz CT molecular complexity index is 532. The van der Waals surface area contributed by atoms with Crippen molar-refractivity contribution in [2.75, 3.05) is 5.88 Å². The Labute approximate surface area is 126 Å². The average molecular weight is 375 g/mol. The van der Waals surface area contributed by atoms with Crippen LogP contribution in [0.15, 0.2) is 27.6 Å². The first-order valence-electron chi connectivity index (χ1n) is 5.23. The van der Waals surface area contributed by atoms with Crippen LogP contribution in [0.1, 0.15) is 20.3 Å². The van der Waals surface area contributed by atoms with E-state index >= 15 is 0 Å². The normalized spacial score (nSPS) is 12.7. The molecule has 0 aromatic heterocycles. The Morgan fingerprint density at radius 3 is 2.50 bits per heavy atom. The number of halogens is 3. The minimum atomic E-state index is -3.65. The van der Waals surface area contributed by atoms with Crippen molar-refractivity contribution in [2.45, 2.75) is 30.7 Å². The Morgan fingerprint density at radius 1 is 1.39 bits per heavy atom. The highest BCUT2D eigenvalue weighted by atomic mass is 79.9. The smallest absolute Gasteiger partial charge is 0.207 e. The quantitative estimate of drug-likeness (QED) is 0.797. The SMILES string of the molecule is CC(C)(CCCl)NS(=O)(=O)c1ccc(Br)cc1Cl. The van der Waals surface area contributed by atoms with Gasteiger partial charge in [-0.2, -0.15) is 0 Å². The van der Waals surface area contributed by atoms with Gasteiger partial charge in [-0.1, -0.05) is 27.5 Å². The van der Waals surface area contributed by atoms with Crippen molar-refractivity contribution in [3.8, 4) is 0 Å². The molecule has 18 heavy (non-hydrogen) atoms. The Kier molecular flexibility index (Phi) is 5.50. The van der Waals surface area contributed by atoms with E-state index in [1.54, 1.807) is 26.0 Å². The lowest BCUT2D eigenvalue weighted by atomic mass is 10.0. The molecule has 1 N–H and O–H groups in total. The lowest BCUT2D eigenvalue weighted by molar-refractivity contribution is 0.441. The fraction of sp³-hybridized carbons (Fsp3) is 0.455. The van der Waals surface area contributed by atoms with Gasteiger partial charge in [-0.3, -0.25) is 0 Å². The zero-order valence-corrected chi connectivity index (χ0v) is 13.9. The molecule has 0 aliphatic carbocycles. The third-order valence-corrected chi connectivity index (χ3v) is 5.18. The van der Waals surface area contributed by atoms with E-state index in [9.17, 15) is 8.42 Å². The third kappa shape index (κ3) is 4.38. The molecule has 0 radical (unpaired) electrons. The van der Waals surface area contributed by atoms with Gasteiger partial charge in [0.2, 0.25) is 10.0 Å². The molecule has 0 aliphatic rings. The summed E-state index contributed by atoms with van der Waals surface area (Å²) in [6.07, 6.45) is 0.530. The summed E-state index contributed by atoms with van der Waals surface area (Å²) >= 11 is 14.8. The number of hydrogen-bond acceptors (Lipinski definition) is 2. The van der Waals surface area contributed by atoms with Crippen LogP contribution in [0, 0.1) is 0 Å². The van der Waals surface area contributed by atoms with E-state index in [-0.39, 0.29) is 9.92 Å². The van der Waals surface area contributed by atoms with Crippen LogP contribution < -0.4 is 4.72 Å². The average Bonchev–Trinajstić information content (AvgIpc) is 2.14. The summed E-state index contributed by atoms with van der Waals surface area (Å²) in [7, 11) is -3.65. The zero-order valence-electron chi connectivity index (χ0n) is 10.0. The second-order valence-corrected chi connectivity index (χ2v) is 7.85. The molecule has 0 saturated heterocycles. The van der Waals surface area contributed by atoms with Gasteiger partial charge in [-0.15, -0.1) is 11.6 Å². The summed E-state index contributed by atoms with van der Waals surface area (Å²) in [4.78, 5) is 0.0648. The van der Waals surface area contributed by atoms with Gasteiger partial charge in [0.15, 0.2) is 0 Å². The van der Waals surface area contributed by atoms with E-state index in [2.05, 4.69) is 20.7 Å². The number of alkyl halides is 1. The molecule has 0 aliphatic heterocycles. The van der Waals surface area contributed by atoms with Crippen molar-refractivity contribution in [1.82, 2.24) is 4.72 Å². The van der Waals surface area contributed by atoms with Crippen molar-refractivity contribution < 1.29 is 8.42 Å². The molecule has 0 amide bonds. The van der Waals surface area contributed by atoms with E-state index in [1.807, 2.05) is 0 Å². The highest BCUT2D eigenvalue weighted by Gasteiger charge is 2.27. The standard InChI is InChI=1S/C11H14BrCl2NO2S/c1-11(2,5-6-13)15-18(16,17)10-4-3-8(12)7-9(10)14/h3-4,7,15H,5-6H2,1-2H3. The fourth-order valence-corrected chi connectivity index (χ4v) is 4.35. The molecular formula is C11H14BrCl2NO2S. The van der Waals surface area contributed by atoms with Gasteiger partial charge in [0.25, 0.3) is 0 Å². The summed E-state index contributed by atoms with van der Waals surface area (Å²) in [5.41, 5.74) is -0.614. The molecule has 7 heteroatoms. The second-order valence-electron chi connectivity index (χ2n) is 4.50. The van der Waals surface area contributed by atoms with Crippen LogP contribution in [0.25, 0.3) is 0 Å². The Morgan fingerprint density at radius 2 is 2.00 bits per heavy atom. The van der Waals surface area contributed by atoms with E-state index in [0.717, 1.165) is 4.47 Å². The molecule has 0 saturated carbocycles. The molecule has 1 aromatic rings. The topological polar surface area (TPSA) is 46.2 Å². The number of hydrogen-bond donors (Lipinski definition) is 1. The molecule has 0 atom stereocenters. The maximum atomic E-state index is 12.2. The molecular weight excluding hydrogens is 361 g/mol. The molecule has 0 fully saturated rings. The van der Waals surface area contributed by atoms with Crippen LogP contribution in [0.5, 0.6) is 0 Å². The molecule has 0 unspecified atom stereocenters. The highest BCUT2D eigenvalue weighted by molar-refractivity contribution is 9.10. The van der Waals surface area contributed by atoms with E-state index < -0.39 is 15.6 Å². The van der Waals surface area contributed by atoms with Gasteiger partial charge < -0.3 is 0 Å². The minimum Gasteiger partial charge on any atom is -0.207 e. The van der Waals surface area contributed by atoms with Gasteiger partial charge >= 0.3 is 0 Å². The molecule has 102 valence electrons. The van der Waals surface area contributed by atoms with Gasteiger partial charge in [0, 0.05) is 15.9 Å². The molecule has 3 nitrogen and oxygen atoms in total. The van der Waals surface area contributed by atoms with Crippen LogP contribution in [0.3, 0.4) is 0 Å². The monoisotopic (exact) mass is 373 g/mol. The number of benzene rings is 1. The van der Waals surface area contributed by atoms with Crippen LogP contribution in [-0.2, 0) is 10.0 Å². The largest absolute Gasteiger partial charge is 0.242 e. The maximum Gasteiger partial charge on any atom is 0.242 e. The van der Waals surface area contributed by atoms with Crippen molar-refractivity contribution >= 4 is 49.2 Å². The summed E-state index contributed by atoms with van der Waals surface area (Å²) < 4.78 is 27.7. The Hall–Kier alpha value is 0.190. The van der Waals surface area contributed by atoms with Gasteiger partial charge in [0.1, 0.15) is 4.90 Å². The van der Waals surface area contributed by atoms with Crippen molar-refractivity contribution in [3.05, 3.63) is 27.7 Å². The summed E-state index contributed by atoms with van der Waals surface area (Å²) in [6, 6.07) is 4.64. The molecule has 0 bridgehead atoms. The molecule has 0 spiro atoms. The van der Waals surface area contributed by atoms with Crippen LogP contribution >= 0.6 is 39.1 Å². The van der Waals surface area contributed by atoms with Gasteiger partial charge in [-0.25, -0.2) is 13.1 Å².